The van der Waals surface area contributed by atoms with Gasteiger partial charge in [0.05, 0.1) is 5.03 Å². The zero-order valence-electron chi connectivity index (χ0n) is 21.2. The van der Waals surface area contributed by atoms with Crippen LogP contribution in [0.25, 0.3) is 0 Å². The summed E-state index contributed by atoms with van der Waals surface area (Å²) in [4.78, 5) is 29.6. The smallest absolute Gasteiger partial charge is 0.308 e. The first kappa shape index (κ1) is 24.6. The Bertz CT molecular complexity index is 1340. The monoisotopic (exact) mass is 535 g/mol. The number of aromatic nitrogens is 1. The molecule has 2 heterocycles. The van der Waals surface area contributed by atoms with Crippen molar-refractivity contribution in [2.24, 2.45) is 17.8 Å². The lowest BCUT2D eigenvalue weighted by Gasteiger charge is -2.40. The lowest BCUT2D eigenvalue weighted by atomic mass is 9.75. The molecule has 5 unspecified atom stereocenters. The van der Waals surface area contributed by atoms with Gasteiger partial charge < -0.3 is 15.3 Å². The summed E-state index contributed by atoms with van der Waals surface area (Å²) < 4.78 is 1.69. The average molecular weight is 536 g/mol. The molecule has 2 N–H and O–H groups in total. The highest BCUT2D eigenvalue weighted by Gasteiger charge is 2.55. The molecular weight excluding hydrogens is 502 g/mol. The van der Waals surface area contributed by atoms with Gasteiger partial charge in [0, 0.05) is 40.5 Å². The van der Waals surface area contributed by atoms with Crippen molar-refractivity contribution in [1.29, 1.82) is 0 Å². The maximum atomic E-state index is 13.3. The number of thiazole rings is 1. The van der Waals surface area contributed by atoms with Crippen LogP contribution in [0.1, 0.15) is 49.5 Å². The Hall–Kier alpha value is -2.71. The van der Waals surface area contributed by atoms with E-state index in [9.17, 15) is 14.7 Å². The fourth-order valence-corrected chi connectivity index (χ4v) is 9.98. The van der Waals surface area contributed by atoms with E-state index >= 15 is 0 Å². The second kappa shape index (κ2) is 9.87. The molecule has 1 aliphatic heterocycles. The number of phenols is 1. The van der Waals surface area contributed by atoms with Gasteiger partial charge in [0.25, 0.3) is 0 Å². The van der Waals surface area contributed by atoms with Crippen LogP contribution in [0.15, 0.2) is 58.4 Å². The molecule has 0 saturated heterocycles. The van der Waals surface area contributed by atoms with Crippen molar-refractivity contribution in [1.82, 2.24) is 4.57 Å². The Morgan fingerprint density at radius 3 is 2.46 bits per heavy atom. The first-order valence-corrected chi connectivity index (χ1v) is 15.0. The number of nitrogens with one attached hydrogen (secondary N) is 1. The molecule has 6 nitrogen and oxygen atoms in total. The molecule has 0 radical (unpaired) electrons. The number of carbonyl (C=O) groups excluding carboxylic acids is 1. The van der Waals surface area contributed by atoms with Gasteiger partial charge in [-0.05, 0) is 92.8 Å². The number of phenolic OH excluding ortho intramolecular Hbond substituents is 1. The molecule has 2 aromatic carbocycles. The van der Waals surface area contributed by atoms with Gasteiger partial charge in [-0.25, -0.2) is 0 Å². The highest BCUT2D eigenvalue weighted by Crippen LogP contribution is 2.64. The number of nitrogens with zero attached hydrogens (tertiary/aromatic N) is 2. The Kier molecular flexibility index (Phi) is 6.57. The topological polar surface area (TPSA) is 74.6 Å². The average Bonchev–Trinajstić information content (AvgIpc) is 3.60. The van der Waals surface area contributed by atoms with Crippen molar-refractivity contribution >= 4 is 40.4 Å². The van der Waals surface area contributed by atoms with Crippen molar-refractivity contribution in [3.63, 3.8) is 0 Å². The molecule has 8 heteroatoms. The molecule has 1 aromatic heterocycles. The predicted molar refractivity (Wildman–Crippen MR) is 151 cm³/mol. The van der Waals surface area contributed by atoms with Crippen molar-refractivity contribution in [3.8, 4) is 5.75 Å². The quantitative estimate of drug-likeness (QED) is 0.377. The lowest BCUT2D eigenvalue weighted by Crippen LogP contribution is -2.35. The Morgan fingerprint density at radius 1 is 1.05 bits per heavy atom. The number of rotatable bonds is 7. The van der Waals surface area contributed by atoms with Crippen molar-refractivity contribution < 1.29 is 9.90 Å². The standard InChI is InChI=1S/C29H33N3O3S2/c1-3-31(4-2)21-11-7-17(8-12-21)24-25-18-5-6-19(15-18)26(25)36-28-27(24)37-29(35)32(28)16-23(34)30-20-9-13-22(33)14-10-20/h7-14,18-19,24-26,33H,3-6,15-16H2,1-2H3,(H,30,34). The molecule has 194 valence electrons. The fourth-order valence-electron chi connectivity index (χ4n) is 6.83. The van der Waals surface area contributed by atoms with E-state index in [2.05, 4.69) is 48.3 Å². The number of amides is 1. The Balaban J connectivity index is 1.34. The van der Waals surface area contributed by atoms with Crippen LogP contribution in [0.2, 0.25) is 0 Å². The summed E-state index contributed by atoms with van der Waals surface area (Å²) in [6, 6.07) is 15.4. The summed E-state index contributed by atoms with van der Waals surface area (Å²) in [5.41, 5.74) is 3.13. The lowest BCUT2D eigenvalue weighted by molar-refractivity contribution is -0.116. The van der Waals surface area contributed by atoms with E-state index in [-0.39, 0.29) is 29.0 Å². The number of benzene rings is 2. The Labute approximate surface area is 225 Å². The summed E-state index contributed by atoms with van der Waals surface area (Å²) in [7, 11) is 0. The number of carbonyl (C=O) groups is 1. The summed E-state index contributed by atoms with van der Waals surface area (Å²) in [6.45, 7) is 6.31. The molecular formula is C29H33N3O3S2. The van der Waals surface area contributed by atoms with Crippen LogP contribution < -0.4 is 15.1 Å². The second-order valence-corrected chi connectivity index (χ2v) is 12.6. The van der Waals surface area contributed by atoms with Crippen molar-refractivity contribution in [3.05, 3.63) is 68.6 Å². The predicted octanol–water partition coefficient (Wildman–Crippen LogP) is 5.75. The van der Waals surface area contributed by atoms with Crippen LogP contribution in [0.3, 0.4) is 0 Å². The van der Waals surface area contributed by atoms with Crippen molar-refractivity contribution in [2.75, 3.05) is 23.3 Å². The van der Waals surface area contributed by atoms with E-state index in [1.54, 1.807) is 16.7 Å². The number of thioether (sulfide) groups is 1. The first-order valence-electron chi connectivity index (χ1n) is 13.3. The number of aromatic hydroxyl groups is 1. The second-order valence-electron chi connectivity index (χ2n) is 10.5. The Morgan fingerprint density at radius 2 is 1.76 bits per heavy atom. The number of hydrogen-bond donors (Lipinski definition) is 2. The maximum Gasteiger partial charge on any atom is 0.308 e. The van der Waals surface area contributed by atoms with Gasteiger partial charge in [-0.3, -0.25) is 14.2 Å². The van der Waals surface area contributed by atoms with Gasteiger partial charge in [0.15, 0.2) is 0 Å². The van der Waals surface area contributed by atoms with E-state index in [1.165, 1.54) is 54.0 Å². The van der Waals surface area contributed by atoms with E-state index in [0.29, 0.717) is 28.7 Å². The fraction of sp³-hybridized carbons (Fsp3) is 0.448. The van der Waals surface area contributed by atoms with Crippen LogP contribution in [0.4, 0.5) is 11.4 Å². The molecule has 2 saturated carbocycles. The van der Waals surface area contributed by atoms with E-state index < -0.39 is 0 Å². The van der Waals surface area contributed by atoms with E-state index in [1.807, 2.05) is 11.8 Å². The minimum atomic E-state index is -0.232. The minimum Gasteiger partial charge on any atom is -0.508 e. The van der Waals surface area contributed by atoms with Crippen LogP contribution >= 0.6 is 23.1 Å². The van der Waals surface area contributed by atoms with Gasteiger partial charge >= 0.3 is 4.87 Å². The van der Waals surface area contributed by atoms with Gasteiger partial charge in [-0.2, -0.15) is 0 Å². The summed E-state index contributed by atoms with van der Waals surface area (Å²) >= 11 is 3.18. The zero-order valence-corrected chi connectivity index (χ0v) is 22.9. The van der Waals surface area contributed by atoms with Gasteiger partial charge in [0.1, 0.15) is 12.3 Å². The number of anilines is 2. The van der Waals surface area contributed by atoms with Gasteiger partial charge in [-0.1, -0.05) is 23.5 Å². The molecule has 1 amide bonds. The van der Waals surface area contributed by atoms with Crippen LogP contribution in [-0.4, -0.2) is 33.9 Å². The summed E-state index contributed by atoms with van der Waals surface area (Å²) in [5.74, 6) is 2.08. The van der Waals surface area contributed by atoms with Gasteiger partial charge in [-0.15, -0.1) is 11.8 Å². The SMILES string of the molecule is CCN(CC)c1ccc(C2c3sc(=O)n(CC(=O)Nc4ccc(O)cc4)c3SC3C4CCC(C4)C23)cc1. The molecule has 2 bridgehead atoms. The molecule has 5 atom stereocenters. The van der Waals surface area contributed by atoms with Crippen LogP contribution in [0.5, 0.6) is 5.75 Å². The number of hydrogen-bond acceptors (Lipinski definition) is 6. The first-order chi connectivity index (χ1) is 18.0. The summed E-state index contributed by atoms with van der Waals surface area (Å²) in [6.07, 6.45) is 3.86. The normalized spacial score (nSPS) is 25.5. The third-order valence-corrected chi connectivity index (χ3v) is 11.4. The highest BCUT2D eigenvalue weighted by atomic mass is 32.2. The molecule has 2 fully saturated rings. The highest BCUT2D eigenvalue weighted by molar-refractivity contribution is 8.00. The number of fused-ring (bicyclic) bond motifs is 6. The molecule has 3 aromatic rings. The zero-order chi connectivity index (χ0) is 25.7. The largest absolute Gasteiger partial charge is 0.508 e. The molecule has 2 aliphatic carbocycles. The third-order valence-electron chi connectivity index (χ3n) is 8.52. The van der Waals surface area contributed by atoms with Crippen molar-refractivity contribution in [2.45, 2.75) is 55.8 Å². The molecule has 6 rings (SSSR count). The van der Waals surface area contributed by atoms with E-state index in [0.717, 1.165) is 23.0 Å². The maximum absolute atomic E-state index is 13.3. The van der Waals surface area contributed by atoms with E-state index in [4.69, 9.17) is 0 Å². The van der Waals surface area contributed by atoms with Crippen LogP contribution in [-0.2, 0) is 11.3 Å². The summed E-state index contributed by atoms with van der Waals surface area (Å²) in [5, 5.41) is 13.9. The molecule has 37 heavy (non-hydrogen) atoms. The third kappa shape index (κ3) is 4.38. The molecule has 3 aliphatic rings. The minimum absolute atomic E-state index is 0.00234. The van der Waals surface area contributed by atoms with Gasteiger partial charge in [0.2, 0.25) is 5.91 Å². The molecule has 0 spiro atoms. The van der Waals surface area contributed by atoms with Crippen LogP contribution in [0, 0.1) is 17.8 Å².